The van der Waals surface area contributed by atoms with Gasteiger partial charge < -0.3 is 33.7 Å². The Morgan fingerprint density at radius 1 is 0.328 bits per heavy atom. The van der Waals surface area contributed by atoms with Gasteiger partial charge in [-0.3, -0.25) is 28.8 Å². The molecule has 0 atom stereocenters. The van der Waals surface area contributed by atoms with Crippen molar-refractivity contribution in [3.05, 3.63) is 0 Å². The number of hydrogen-bond donors (Lipinski definition) is 1. The minimum Gasteiger partial charge on any atom is -0.462 e. The maximum Gasteiger partial charge on any atom is 0.306 e. The summed E-state index contributed by atoms with van der Waals surface area (Å²) in [7, 11) is 0. The molecular formula is C54H92NO12+. The van der Waals surface area contributed by atoms with Crippen molar-refractivity contribution in [2.75, 3.05) is 39.5 Å². The fourth-order valence-electron chi connectivity index (χ4n) is 10.7. The topological polar surface area (TPSA) is 174 Å². The molecule has 2 N–H and O–H groups in total. The van der Waals surface area contributed by atoms with Gasteiger partial charge in [-0.1, -0.05) is 128 Å². The lowest BCUT2D eigenvalue weighted by atomic mass is 9.86. The number of quaternary nitrogens is 1. The Balaban J connectivity index is 1.11. The third-order valence-electron chi connectivity index (χ3n) is 14.8. The van der Waals surface area contributed by atoms with Gasteiger partial charge in [0.1, 0.15) is 26.4 Å². The average molecular weight is 947 g/mol. The molecule has 0 heterocycles. The molecule has 0 aromatic heterocycles. The highest BCUT2D eigenvalue weighted by molar-refractivity contribution is 5.72. The monoisotopic (exact) mass is 947 g/mol. The highest BCUT2D eigenvalue weighted by Crippen LogP contribution is 2.30. The van der Waals surface area contributed by atoms with Gasteiger partial charge in [-0.05, 0) is 75.0 Å². The van der Waals surface area contributed by atoms with Crippen molar-refractivity contribution in [3.63, 3.8) is 0 Å². The summed E-state index contributed by atoms with van der Waals surface area (Å²) >= 11 is 0. The van der Waals surface area contributed by atoms with Gasteiger partial charge in [-0.25, -0.2) is 0 Å². The third-order valence-corrected chi connectivity index (χ3v) is 14.8. The van der Waals surface area contributed by atoms with Crippen LogP contribution < -0.4 is 5.32 Å². The molecule has 0 spiro atoms. The molecular weight excluding hydrogens is 855 g/mol. The van der Waals surface area contributed by atoms with Crippen LogP contribution in [0.15, 0.2) is 0 Å². The van der Waals surface area contributed by atoms with Gasteiger partial charge in [-0.15, -0.1) is 0 Å². The van der Waals surface area contributed by atoms with Crippen LogP contribution in [0.4, 0.5) is 0 Å². The van der Waals surface area contributed by atoms with Crippen LogP contribution in [0.1, 0.15) is 231 Å². The largest absolute Gasteiger partial charge is 0.462 e. The van der Waals surface area contributed by atoms with E-state index in [0.717, 1.165) is 51.4 Å². The second-order valence-corrected chi connectivity index (χ2v) is 20.6. The van der Waals surface area contributed by atoms with E-state index in [0.29, 0.717) is 75.3 Å². The van der Waals surface area contributed by atoms with Crippen molar-refractivity contribution in [1.29, 1.82) is 0 Å². The number of ether oxygens (including phenoxy) is 6. The third kappa shape index (κ3) is 28.1. The van der Waals surface area contributed by atoms with E-state index in [4.69, 9.17) is 28.4 Å². The molecule has 384 valence electrons. The molecule has 0 saturated heterocycles. The lowest BCUT2D eigenvalue weighted by molar-refractivity contribution is -0.655. The molecule has 0 aromatic rings. The molecule has 4 aliphatic carbocycles. The number of rotatable bonds is 34. The van der Waals surface area contributed by atoms with Crippen LogP contribution in [0.2, 0.25) is 0 Å². The quantitative estimate of drug-likeness (QED) is 0.0368. The van der Waals surface area contributed by atoms with Crippen LogP contribution in [-0.2, 0) is 57.2 Å². The van der Waals surface area contributed by atoms with Gasteiger partial charge >= 0.3 is 35.8 Å². The van der Waals surface area contributed by atoms with Gasteiger partial charge in [0.15, 0.2) is 12.2 Å². The van der Waals surface area contributed by atoms with Crippen LogP contribution in [0, 0.1) is 23.7 Å². The average Bonchev–Trinajstić information content (AvgIpc) is 3.34. The van der Waals surface area contributed by atoms with Crippen molar-refractivity contribution in [1.82, 2.24) is 0 Å². The predicted octanol–water partition coefficient (Wildman–Crippen LogP) is 10.1. The Kier molecular flexibility index (Phi) is 30.1. The van der Waals surface area contributed by atoms with E-state index in [2.05, 4.69) is 0 Å². The van der Waals surface area contributed by atoms with Crippen molar-refractivity contribution in [3.8, 4) is 0 Å². The molecule has 13 nitrogen and oxygen atoms in total. The molecule has 4 fully saturated rings. The Hall–Kier alpha value is -3.22. The zero-order valence-electron chi connectivity index (χ0n) is 41.6. The Bertz CT molecular complexity index is 1200. The minimum absolute atomic E-state index is 0.139. The van der Waals surface area contributed by atoms with Crippen LogP contribution in [-0.4, -0.2) is 87.5 Å². The SMILES string of the molecule is O=C(CCCC1CCCCC1)OCC(COC(=O)CCCC1CCCCC1)OC(=O)CCC[NH2+]CCCC(=O)OC(COC(=O)CCCC1CCCCC1)COC(=O)CCCC1CCCCC1. The van der Waals surface area contributed by atoms with E-state index >= 15 is 0 Å². The maximum absolute atomic E-state index is 12.9. The molecule has 13 heteroatoms. The number of carbonyl (C=O) groups is 6. The highest BCUT2D eigenvalue weighted by atomic mass is 16.6. The summed E-state index contributed by atoms with van der Waals surface area (Å²) < 4.78 is 33.4. The van der Waals surface area contributed by atoms with Crippen LogP contribution in [0.3, 0.4) is 0 Å². The van der Waals surface area contributed by atoms with Crippen molar-refractivity contribution < 1.29 is 62.5 Å². The summed E-state index contributed by atoms with van der Waals surface area (Å²) in [4.78, 5) is 76.3. The molecule has 0 aliphatic heterocycles. The van der Waals surface area contributed by atoms with E-state index in [1.165, 1.54) is 128 Å². The highest BCUT2D eigenvalue weighted by Gasteiger charge is 2.23. The van der Waals surface area contributed by atoms with E-state index in [9.17, 15) is 28.8 Å². The first-order chi connectivity index (χ1) is 32.7. The molecule has 67 heavy (non-hydrogen) atoms. The number of carbonyl (C=O) groups excluding carboxylic acids is 6. The van der Waals surface area contributed by atoms with Crippen LogP contribution >= 0.6 is 0 Å². The fourth-order valence-corrected chi connectivity index (χ4v) is 10.7. The molecule has 0 bridgehead atoms. The van der Waals surface area contributed by atoms with Gasteiger partial charge in [0, 0.05) is 38.5 Å². The minimum atomic E-state index is -0.875. The summed E-state index contributed by atoms with van der Waals surface area (Å²) in [6.07, 6.45) is 33.2. The van der Waals surface area contributed by atoms with Crippen LogP contribution in [0.5, 0.6) is 0 Å². The summed E-state index contributed by atoms with van der Waals surface area (Å²) in [5, 5.41) is 2.02. The zero-order chi connectivity index (χ0) is 47.6. The van der Waals surface area contributed by atoms with Gasteiger partial charge in [0.25, 0.3) is 0 Å². The second kappa shape index (κ2) is 35.8. The standard InChI is InChI=1S/C54H91NO12/c56-49(31-13-27-43-19-5-1-6-20-43)62-39-47(40-63-50(57)32-14-28-44-21-7-2-8-22-44)66-53(60)35-17-37-55-38-18-36-54(61)67-48(41-64-51(58)33-15-29-45-23-9-3-10-24-45)42-65-52(59)34-16-30-46-25-11-4-12-26-46/h43-48,55H,1-42H2/p+1. The first kappa shape index (κ1) is 56.4. The van der Waals surface area contributed by atoms with Crippen LogP contribution in [0.25, 0.3) is 0 Å². The lowest BCUT2D eigenvalue weighted by Gasteiger charge is -2.21. The summed E-state index contributed by atoms with van der Waals surface area (Å²) in [5.74, 6) is 0.498. The van der Waals surface area contributed by atoms with Gasteiger partial charge in [-0.2, -0.15) is 0 Å². The fraction of sp³-hybridized carbons (Fsp3) is 0.889. The van der Waals surface area contributed by atoms with Gasteiger partial charge in [0.05, 0.1) is 25.9 Å². The first-order valence-corrected chi connectivity index (χ1v) is 27.5. The molecule has 4 saturated carbocycles. The molecule has 4 rings (SSSR count). The zero-order valence-corrected chi connectivity index (χ0v) is 41.6. The molecule has 4 aliphatic rings. The Morgan fingerprint density at radius 2 is 0.567 bits per heavy atom. The smallest absolute Gasteiger partial charge is 0.306 e. The normalized spacial score (nSPS) is 17.8. The van der Waals surface area contributed by atoms with E-state index < -0.39 is 24.1 Å². The van der Waals surface area contributed by atoms with Crippen molar-refractivity contribution in [2.24, 2.45) is 23.7 Å². The summed E-state index contributed by atoms with van der Waals surface area (Å²) in [5.41, 5.74) is 0. The van der Waals surface area contributed by atoms with Crippen molar-refractivity contribution in [2.45, 2.75) is 243 Å². The van der Waals surface area contributed by atoms with Gasteiger partial charge in [0.2, 0.25) is 0 Å². The summed E-state index contributed by atoms with van der Waals surface area (Å²) in [6.45, 7) is 0.625. The maximum atomic E-state index is 12.9. The lowest BCUT2D eigenvalue weighted by Crippen LogP contribution is -2.84. The molecule has 0 amide bonds. The summed E-state index contributed by atoms with van der Waals surface area (Å²) in [6, 6.07) is 0. The number of nitrogens with two attached hydrogens (primary N) is 1. The molecule has 0 aromatic carbocycles. The first-order valence-electron chi connectivity index (χ1n) is 27.5. The Morgan fingerprint density at radius 3 is 0.821 bits per heavy atom. The predicted molar refractivity (Wildman–Crippen MR) is 255 cm³/mol. The number of hydrogen-bond acceptors (Lipinski definition) is 12. The second-order valence-electron chi connectivity index (χ2n) is 20.6. The van der Waals surface area contributed by atoms with Crippen molar-refractivity contribution >= 4 is 35.8 Å². The van der Waals surface area contributed by atoms with E-state index in [-0.39, 0.29) is 63.1 Å². The Labute approximate surface area is 403 Å². The van der Waals surface area contributed by atoms with E-state index in [1.54, 1.807) is 0 Å². The molecule has 0 radical (unpaired) electrons. The molecule has 0 unspecified atom stereocenters. The van der Waals surface area contributed by atoms with E-state index in [1.807, 2.05) is 5.32 Å². The number of esters is 6.